The lowest BCUT2D eigenvalue weighted by atomic mass is 10.1. The molecule has 2 aromatic rings. The molecule has 96 valence electrons. The molecule has 0 saturated heterocycles. The van der Waals surface area contributed by atoms with Gasteiger partial charge in [-0.15, -0.1) is 0 Å². The lowest BCUT2D eigenvalue weighted by Gasteiger charge is -2.05. The zero-order chi connectivity index (χ0) is 13.1. The van der Waals surface area contributed by atoms with Gasteiger partial charge in [0.2, 0.25) is 6.79 Å². The van der Waals surface area contributed by atoms with Gasteiger partial charge in [0.1, 0.15) is 0 Å². The molecule has 3 heteroatoms. The van der Waals surface area contributed by atoms with Gasteiger partial charge in [-0.25, -0.2) is 0 Å². The van der Waals surface area contributed by atoms with Crippen LogP contribution in [0.25, 0.3) is 0 Å². The van der Waals surface area contributed by atoms with E-state index in [9.17, 15) is 0 Å². The maximum absolute atomic E-state index is 5.35. The van der Waals surface area contributed by atoms with Gasteiger partial charge in [-0.05, 0) is 36.2 Å². The molecule has 2 aromatic carbocycles. The molecule has 3 rings (SSSR count). The minimum atomic E-state index is 0.145. The topological polar surface area (TPSA) is 30.8 Å². The van der Waals surface area contributed by atoms with Crippen LogP contribution in [0.5, 0.6) is 11.5 Å². The van der Waals surface area contributed by atoms with E-state index in [1.165, 1.54) is 5.56 Å². The molecule has 0 bridgehead atoms. The van der Waals surface area contributed by atoms with Gasteiger partial charge in [0.05, 0.1) is 6.04 Å². The lowest BCUT2D eigenvalue weighted by molar-refractivity contribution is 0.174. The predicted molar refractivity (Wildman–Crippen MR) is 75.0 cm³/mol. The van der Waals surface area contributed by atoms with Crippen molar-refractivity contribution < 1.29 is 9.47 Å². The van der Waals surface area contributed by atoms with Gasteiger partial charge in [0.25, 0.3) is 0 Å². The summed E-state index contributed by atoms with van der Waals surface area (Å²) in [5.74, 6) is 1.59. The van der Waals surface area contributed by atoms with Crippen molar-refractivity contribution in [2.75, 3.05) is 6.79 Å². The van der Waals surface area contributed by atoms with Crippen LogP contribution in [0.2, 0.25) is 0 Å². The predicted octanol–water partition coefficient (Wildman–Crippen LogP) is 3.60. The molecule has 1 heterocycles. The van der Waals surface area contributed by atoms with Gasteiger partial charge >= 0.3 is 0 Å². The summed E-state index contributed by atoms with van der Waals surface area (Å²) in [6.45, 7) is 2.38. The minimum Gasteiger partial charge on any atom is -0.454 e. The molecule has 1 aliphatic heterocycles. The normalized spacial score (nSPS) is 14.8. The van der Waals surface area contributed by atoms with Gasteiger partial charge in [0.15, 0.2) is 11.5 Å². The number of rotatable bonds is 3. The number of hydrogen-bond donors (Lipinski definition) is 0. The molecular weight excluding hydrogens is 238 g/mol. The highest BCUT2D eigenvalue weighted by Crippen LogP contribution is 2.32. The summed E-state index contributed by atoms with van der Waals surface area (Å²) >= 11 is 0. The van der Waals surface area contributed by atoms with Crippen molar-refractivity contribution in [2.24, 2.45) is 4.99 Å². The Morgan fingerprint density at radius 1 is 1.05 bits per heavy atom. The van der Waals surface area contributed by atoms with E-state index < -0.39 is 0 Å². The molecule has 3 nitrogen and oxygen atoms in total. The monoisotopic (exact) mass is 253 g/mol. The zero-order valence-corrected chi connectivity index (χ0v) is 10.7. The number of benzene rings is 2. The van der Waals surface area contributed by atoms with Crippen LogP contribution >= 0.6 is 0 Å². The van der Waals surface area contributed by atoms with Gasteiger partial charge < -0.3 is 9.47 Å². The van der Waals surface area contributed by atoms with Crippen molar-refractivity contribution in [3.63, 3.8) is 0 Å². The molecule has 0 amide bonds. The second kappa shape index (κ2) is 5.14. The van der Waals surface area contributed by atoms with Crippen molar-refractivity contribution in [1.82, 2.24) is 0 Å². The van der Waals surface area contributed by atoms with Crippen molar-refractivity contribution in [3.05, 3.63) is 59.7 Å². The first-order valence-corrected chi connectivity index (χ1v) is 6.31. The van der Waals surface area contributed by atoms with E-state index in [0.29, 0.717) is 6.79 Å². The van der Waals surface area contributed by atoms with E-state index in [4.69, 9.17) is 9.47 Å². The number of fused-ring (bicyclic) bond motifs is 1. The van der Waals surface area contributed by atoms with Crippen LogP contribution in [-0.4, -0.2) is 13.0 Å². The lowest BCUT2D eigenvalue weighted by Crippen LogP contribution is -1.93. The van der Waals surface area contributed by atoms with Crippen LogP contribution < -0.4 is 9.47 Å². The van der Waals surface area contributed by atoms with Crippen LogP contribution in [0.3, 0.4) is 0 Å². The first-order valence-electron chi connectivity index (χ1n) is 6.31. The van der Waals surface area contributed by atoms with Gasteiger partial charge in [-0.2, -0.15) is 0 Å². The fourth-order valence-corrected chi connectivity index (χ4v) is 2.01. The highest BCUT2D eigenvalue weighted by atomic mass is 16.7. The molecular formula is C16H15NO2. The van der Waals surface area contributed by atoms with E-state index in [1.807, 2.05) is 42.6 Å². The SMILES string of the molecule is C[C@@H](N=Cc1ccc2c(c1)OCO2)c1ccccc1. The fourth-order valence-electron chi connectivity index (χ4n) is 2.01. The molecule has 19 heavy (non-hydrogen) atoms. The largest absolute Gasteiger partial charge is 0.454 e. The van der Waals surface area contributed by atoms with Gasteiger partial charge in [-0.3, -0.25) is 4.99 Å². The summed E-state index contributed by atoms with van der Waals surface area (Å²) in [7, 11) is 0. The van der Waals surface area contributed by atoms with Gasteiger partial charge in [-0.1, -0.05) is 30.3 Å². The van der Waals surface area contributed by atoms with Crippen LogP contribution in [0.1, 0.15) is 24.1 Å². The number of ether oxygens (including phenoxy) is 2. The number of nitrogens with zero attached hydrogens (tertiary/aromatic N) is 1. The third kappa shape index (κ3) is 2.60. The molecule has 0 unspecified atom stereocenters. The second-order valence-electron chi connectivity index (χ2n) is 4.48. The highest BCUT2D eigenvalue weighted by Gasteiger charge is 2.12. The standard InChI is InChI=1S/C16H15NO2/c1-12(14-5-3-2-4-6-14)17-10-13-7-8-15-16(9-13)19-11-18-15/h2-10,12H,11H2,1H3/t12-/m1/s1. The fraction of sp³-hybridized carbons (Fsp3) is 0.188. The molecule has 0 aliphatic carbocycles. The van der Waals surface area contributed by atoms with Crippen LogP contribution in [-0.2, 0) is 0 Å². The molecule has 1 atom stereocenters. The zero-order valence-electron chi connectivity index (χ0n) is 10.7. The molecule has 0 saturated carbocycles. The smallest absolute Gasteiger partial charge is 0.231 e. The third-order valence-electron chi connectivity index (χ3n) is 3.13. The third-order valence-corrected chi connectivity index (χ3v) is 3.13. The summed E-state index contributed by atoms with van der Waals surface area (Å²) in [6.07, 6.45) is 1.87. The number of aliphatic imine (C=N–C) groups is 1. The van der Waals surface area contributed by atoms with Crippen molar-refractivity contribution in [1.29, 1.82) is 0 Å². The second-order valence-corrected chi connectivity index (χ2v) is 4.48. The van der Waals surface area contributed by atoms with Crippen LogP contribution in [0.4, 0.5) is 0 Å². The van der Waals surface area contributed by atoms with E-state index in [-0.39, 0.29) is 6.04 Å². The molecule has 0 spiro atoms. The van der Waals surface area contributed by atoms with Crippen molar-refractivity contribution in [3.8, 4) is 11.5 Å². The Morgan fingerprint density at radius 2 is 1.84 bits per heavy atom. The Labute approximate surface area is 112 Å². The molecule has 0 aromatic heterocycles. The summed E-state index contributed by atoms with van der Waals surface area (Å²) in [5, 5.41) is 0. The minimum absolute atomic E-state index is 0.145. The first kappa shape index (κ1) is 11.8. The Hall–Kier alpha value is -2.29. The Kier molecular flexibility index (Phi) is 3.19. The van der Waals surface area contributed by atoms with Crippen molar-refractivity contribution in [2.45, 2.75) is 13.0 Å². The molecule has 0 radical (unpaired) electrons. The quantitative estimate of drug-likeness (QED) is 0.782. The molecule has 1 aliphatic rings. The van der Waals surface area contributed by atoms with E-state index in [2.05, 4.69) is 24.0 Å². The Balaban J connectivity index is 1.76. The van der Waals surface area contributed by atoms with E-state index >= 15 is 0 Å². The summed E-state index contributed by atoms with van der Waals surface area (Å²) in [6, 6.07) is 16.2. The average Bonchev–Trinajstić information content (AvgIpc) is 2.93. The van der Waals surface area contributed by atoms with Crippen LogP contribution in [0.15, 0.2) is 53.5 Å². The Bertz CT molecular complexity index is 593. The van der Waals surface area contributed by atoms with E-state index in [1.54, 1.807) is 0 Å². The van der Waals surface area contributed by atoms with Crippen LogP contribution in [0, 0.1) is 0 Å². The first-order chi connectivity index (χ1) is 9.33. The Morgan fingerprint density at radius 3 is 2.68 bits per heavy atom. The molecule has 0 fully saturated rings. The summed E-state index contributed by atoms with van der Waals surface area (Å²) in [4.78, 5) is 4.57. The highest BCUT2D eigenvalue weighted by molar-refractivity contribution is 5.81. The van der Waals surface area contributed by atoms with Gasteiger partial charge in [0, 0.05) is 6.21 Å². The number of hydrogen-bond acceptors (Lipinski definition) is 3. The maximum Gasteiger partial charge on any atom is 0.231 e. The maximum atomic E-state index is 5.35. The average molecular weight is 253 g/mol. The van der Waals surface area contributed by atoms with Crippen molar-refractivity contribution >= 4 is 6.21 Å². The summed E-state index contributed by atoms with van der Waals surface area (Å²) in [5.41, 5.74) is 2.23. The summed E-state index contributed by atoms with van der Waals surface area (Å²) < 4.78 is 10.6. The van der Waals surface area contributed by atoms with E-state index in [0.717, 1.165) is 17.1 Å². The molecule has 0 N–H and O–H groups in total.